The maximum absolute atomic E-state index is 13.4. The third-order valence-corrected chi connectivity index (χ3v) is 9.24. The van der Waals surface area contributed by atoms with E-state index in [0.29, 0.717) is 43.3 Å². The highest BCUT2D eigenvalue weighted by molar-refractivity contribution is 8.28. The van der Waals surface area contributed by atoms with Crippen molar-refractivity contribution < 1.29 is 27.5 Å². The fourth-order valence-corrected chi connectivity index (χ4v) is 6.43. The van der Waals surface area contributed by atoms with E-state index < -0.39 is 11.7 Å². The number of piperidine rings is 1. The minimum atomic E-state index is -4.41. The lowest BCUT2D eigenvalue weighted by Gasteiger charge is -2.45. The summed E-state index contributed by atoms with van der Waals surface area (Å²) in [5, 5.41) is 0. The number of likely N-dealkylation sites (tertiary alicyclic amines) is 1. The first-order valence-electron chi connectivity index (χ1n) is 13.5. The van der Waals surface area contributed by atoms with Gasteiger partial charge >= 0.3 is 6.18 Å². The normalized spacial score (nSPS) is 20.9. The molecule has 1 aliphatic carbocycles. The minimum Gasteiger partial charge on any atom is -0.457 e. The van der Waals surface area contributed by atoms with Gasteiger partial charge in [-0.1, -0.05) is 17.3 Å². The second-order valence-corrected chi connectivity index (χ2v) is 14.0. The molecule has 0 aromatic heterocycles. The minimum absolute atomic E-state index is 0.0976. The summed E-state index contributed by atoms with van der Waals surface area (Å²) in [4.78, 5) is 30.0. The van der Waals surface area contributed by atoms with Crippen LogP contribution >= 0.6 is 0 Å². The molecule has 0 radical (unpaired) electrons. The zero-order valence-electron chi connectivity index (χ0n) is 21.9. The number of hydrogen-bond donors (Lipinski definition) is 0. The van der Waals surface area contributed by atoms with E-state index in [1.807, 2.05) is 34.3 Å². The van der Waals surface area contributed by atoms with E-state index in [0.717, 1.165) is 55.4 Å². The molecule has 1 saturated carbocycles. The van der Waals surface area contributed by atoms with Gasteiger partial charge in [-0.3, -0.25) is 9.59 Å². The molecule has 2 heterocycles. The number of alkyl halides is 3. The molecule has 2 atom stereocenters. The third kappa shape index (κ3) is 6.65. The first-order chi connectivity index (χ1) is 18.6. The summed E-state index contributed by atoms with van der Waals surface area (Å²) < 4.78 is 44.9. The Morgan fingerprint density at radius 1 is 1.00 bits per heavy atom. The average Bonchev–Trinajstić information content (AvgIpc) is 3.76. The van der Waals surface area contributed by atoms with Crippen LogP contribution in [0.4, 0.5) is 13.2 Å². The van der Waals surface area contributed by atoms with Gasteiger partial charge in [-0.15, -0.1) is 9.45 Å². The highest BCUT2D eigenvalue weighted by atomic mass is 32.8. The topological polar surface area (TPSA) is 49.9 Å². The summed E-state index contributed by atoms with van der Waals surface area (Å²) in [7, 11) is -0.243. The quantitative estimate of drug-likeness (QED) is 0.425. The molecule has 2 amide bonds. The molecule has 2 aromatic carbocycles. The Balaban J connectivity index is 1.39. The maximum atomic E-state index is 13.4. The van der Waals surface area contributed by atoms with Crippen molar-refractivity contribution in [3.05, 3.63) is 59.2 Å². The number of carbonyl (C=O) groups excluding carboxylic acids is 2. The Labute approximate surface area is 234 Å². The molecular formula is C29H33F3N2O3S2. The van der Waals surface area contributed by atoms with E-state index in [-0.39, 0.29) is 39.1 Å². The van der Waals surface area contributed by atoms with E-state index in [1.165, 1.54) is 12.1 Å². The zero-order valence-corrected chi connectivity index (χ0v) is 23.5. The van der Waals surface area contributed by atoms with Crippen molar-refractivity contribution in [3.63, 3.8) is 0 Å². The van der Waals surface area contributed by atoms with E-state index in [4.69, 9.17) is 15.9 Å². The molecule has 39 heavy (non-hydrogen) atoms. The second kappa shape index (κ2) is 11.6. The summed E-state index contributed by atoms with van der Waals surface area (Å²) in [5.41, 5.74) is 1.45. The van der Waals surface area contributed by atoms with Crippen LogP contribution in [-0.2, 0) is 42.8 Å². The van der Waals surface area contributed by atoms with Crippen LogP contribution in [0, 0.1) is 11.8 Å². The number of rotatable bonds is 7. The van der Waals surface area contributed by atoms with Crippen LogP contribution in [0.3, 0.4) is 0 Å². The van der Waals surface area contributed by atoms with Crippen LogP contribution in [0.15, 0.2) is 42.5 Å². The molecule has 1 saturated heterocycles. The zero-order chi connectivity index (χ0) is 27.7. The predicted molar refractivity (Wildman–Crippen MR) is 148 cm³/mol. The Morgan fingerprint density at radius 3 is 2.28 bits per heavy atom. The van der Waals surface area contributed by atoms with Crippen LogP contribution in [-0.4, -0.2) is 53.3 Å². The van der Waals surface area contributed by atoms with Crippen LogP contribution in [0.25, 0.3) is 0 Å². The maximum Gasteiger partial charge on any atom is 0.416 e. The number of amides is 2. The van der Waals surface area contributed by atoms with E-state index in [9.17, 15) is 22.8 Å². The number of hydrogen-bond acceptors (Lipinski definition) is 4. The number of halogens is 3. The van der Waals surface area contributed by atoms with E-state index >= 15 is 0 Å². The van der Waals surface area contributed by atoms with Crippen molar-refractivity contribution in [2.24, 2.45) is 11.8 Å². The smallest absolute Gasteiger partial charge is 0.416 e. The van der Waals surface area contributed by atoms with Gasteiger partial charge in [-0.2, -0.15) is 13.2 Å². The van der Waals surface area contributed by atoms with Gasteiger partial charge in [0.25, 0.3) is 0 Å². The Hall–Kier alpha value is -2.46. The Kier molecular flexibility index (Phi) is 8.33. The van der Waals surface area contributed by atoms with E-state index in [1.54, 1.807) is 0 Å². The van der Waals surface area contributed by atoms with E-state index in [2.05, 4.69) is 0 Å². The monoisotopic (exact) mass is 578 g/mol. The Bertz CT molecular complexity index is 1240. The van der Waals surface area contributed by atoms with Crippen molar-refractivity contribution in [1.82, 2.24) is 9.80 Å². The van der Waals surface area contributed by atoms with Gasteiger partial charge in [0.15, 0.2) is 0 Å². The van der Waals surface area contributed by atoms with Gasteiger partial charge in [0.05, 0.1) is 11.6 Å². The number of ether oxygens (including phenoxy) is 1. The average molecular weight is 579 g/mol. The molecular weight excluding hydrogens is 545 g/mol. The highest BCUT2D eigenvalue weighted by Crippen LogP contribution is 2.43. The molecule has 5 nitrogen and oxygen atoms in total. The predicted octanol–water partition coefficient (Wildman–Crippen LogP) is 5.67. The molecule has 2 fully saturated rings. The van der Waals surface area contributed by atoms with Crippen molar-refractivity contribution >= 4 is 32.5 Å². The fourth-order valence-electron chi connectivity index (χ4n) is 5.72. The summed E-state index contributed by atoms with van der Waals surface area (Å²) in [6.07, 6.45) is 2.30. The molecule has 0 bridgehead atoms. The van der Waals surface area contributed by atoms with Crippen molar-refractivity contribution in [3.8, 4) is 11.5 Å². The van der Waals surface area contributed by atoms with Crippen molar-refractivity contribution in [1.29, 1.82) is 0 Å². The summed E-state index contributed by atoms with van der Waals surface area (Å²) in [6.45, 7) is 2.02. The molecule has 2 aromatic rings. The molecule has 210 valence electrons. The lowest BCUT2D eigenvalue weighted by atomic mass is 9.79. The molecule has 0 spiro atoms. The second-order valence-electron chi connectivity index (χ2n) is 10.7. The van der Waals surface area contributed by atoms with Gasteiger partial charge in [-0.05, 0) is 91.8 Å². The largest absolute Gasteiger partial charge is 0.457 e. The van der Waals surface area contributed by atoms with Crippen LogP contribution in [0.1, 0.15) is 54.8 Å². The summed E-state index contributed by atoms with van der Waals surface area (Å²) >= 11 is 5.33. The van der Waals surface area contributed by atoms with Gasteiger partial charge in [0.2, 0.25) is 11.8 Å². The molecule has 3 aliphatic rings. The van der Waals surface area contributed by atoms with Crippen molar-refractivity contribution in [2.75, 3.05) is 31.6 Å². The molecule has 2 aliphatic heterocycles. The van der Waals surface area contributed by atoms with Gasteiger partial charge in [0.1, 0.15) is 11.5 Å². The van der Waals surface area contributed by atoms with Crippen LogP contribution in [0.2, 0.25) is 0 Å². The summed E-state index contributed by atoms with van der Waals surface area (Å²) in [6, 6.07) is 10.3. The fraction of sp³-hybridized carbons (Fsp3) is 0.517. The van der Waals surface area contributed by atoms with Crippen LogP contribution in [0.5, 0.6) is 11.5 Å². The molecule has 10 heteroatoms. The number of carbonyl (C=O) groups is 2. The molecule has 0 N–H and O–H groups in total. The van der Waals surface area contributed by atoms with Crippen molar-refractivity contribution in [2.45, 2.75) is 50.7 Å². The lowest BCUT2D eigenvalue weighted by molar-refractivity contribution is -0.138. The standard InChI is InChI=1S/C29H33F3N2O3S2/c1-39(38)17-13-26(35)34-16-12-19-4-7-24(37-23-8-5-22(6-9-23)29(30,31)32)18-25(19)27(34)20-10-14-33(15-11-20)28(36)21-2-3-21/h4-9,18,20-21,27H,2-3,10-17H2,1H3. The Morgan fingerprint density at radius 2 is 1.67 bits per heavy atom. The van der Waals surface area contributed by atoms with Gasteiger partial charge in [-0.25, -0.2) is 0 Å². The molecule has 5 rings (SSSR count). The van der Waals surface area contributed by atoms with Crippen LogP contribution < -0.4 is 4.74 Å². The summed E-state index contributed by atoms with van der Waals surface area (Å²) in [5.74, 6) is 2.27. The number of fused-ring (bicyclic) bond motifs is 1. The number of nitrogens with zero attached hydrogens (tertiary/aromatic N) is 2. The SMILES string of the molecule is CS(=S)CCC(=O)N1CCc2ccc(Oc3ccc(C(F)(F)F)cc3)cc2C1C1CCN(C(=O)C2CC2)CC1. The first kappa shape index (κ1) is 28.1. The molecule has 2 unspecified atom stereocenters. The lowest BCUT2D eigenvalue weighted by Crippen LogP contribution is -2.47. The third-order valence-electron chi connectivity index (χ3n) is 7.96. The van der Waals surface area contributed by atoms with Gasteiger partial charge < -0.3 is 14.5 Å². The van der Waals surface area contributed by atoms with Gasteiger partial charge in [0, 0.05) is 37.7 Å². The first-order valence-corrected chi connectivity index (χ1v) is 16.2. The highest BCUT2D eigenvalue weighted by Gasteiger charge is 2.40. The number of benzene rings is 2.